The lowest BCUT2D eigenvalue weighted by Gasteiger charge is -2.33. The van der Waals surface area contributed by atoms with E-state index in [1.54, 1.807) is 0 Å². The van der Waals surface area contributed by atoms with Crippen molar-refractivity contribution in [3.05, 3.63) is 241 Å². The number of nitrogens with zero attached hydrogens (tertiary/aromatic N) is 2. The maximum Gasteiger partial charge on any atom is 0.160 e. The molecule has 9 aromatic carbocycles. The van der Waals surface area contributed by atoms with Gasteiger partial charge in [-0.25, -0.2) is 9.97 Å². The van der Waals surface area contributed by atoms with Crippen LogP contribution in [0.2, 0.25) is 0 Å². The molecule has 0 unspecified atom stereocenters. The summed E-state index contributed by atoms with van der Waals surface area (Å²) in [7, 11) is 0. The van der Waals surface area contributed by atoms with Gasteiger partial charge in [-0.1, -0.05) is 188 Å². The first-order valence-corrected chi connectivity index (χ1v) is 20.5. The third-order valence-corrected chi connectivity index (χ3v) is 12.4. The van der Waals surface area contributed by atoms with Crippen molar-refractivity contribution in [2.75, 3.05) is 0 Å². The molecule has 0 radical (unpaired) electrons. The summed E-state index contributed by atoms with van der Waals surface area (Å²) in [4.78, 5) is 10.4. The smallest absolute Gasteiger partial charge is 0.160 e. The Balaban J connectivity index is 0.969. The van der Waals surface area contributed by atoms with E-state index in [2.05, 4.69) is 200 Å². The molecule has 60 heavy (non-hydrogen) atoms. The van der Waals surface area contributed by atoms with Crippen molar-refractivity contribution >= 4 is 32.7 Å². The van der Waals surface area contributed by atoms with Gasteiger partial charge in [-0.2, -0.15) is 0 Å². The molecule has 0 N–H and O–H groups in total. The summed E-state index contributed by atoms with van der Waals surface area (Å²) >= 11 is 0. The van der Waals surface area contributed by atoms with Gasteiger partial charge in [0.25, 0.3) is 0 Å². The van der Waals surface area contributed by atoms with Crippen LogP contribution in [0.5, 0.6) is 0 Å². The molecule has 2 aromatic heterocycles. The Labute approximate surface area is 347 Å². The molecular weight excluding hydrogens is 729 g/mol. The van der Waals surface area contributed by atoms with Gasteiger partial charge in [-0.05, 0) is 85.6 Å². The number of hydrogen-bond donors (Lipinski definition) is 0. The standard InChI is InChI=1S/C57H36N2O/c1-4-15-40(16-5-1)56-58-51(39-26-24-37(25-27-39)41-28-31-47-54(35-41)60-53-33-30-38-14-10-11-21-45(38)55(47)53)36-52(59-56)42-29-32-50-48(34-42)46-22-12-13-23-49(46)57(50,43-17-6-2-7-18-43)44-19-8-3-9-20-44/h1-36H. The van der Waals surface area contributed by atoms with Crippen molar-refractivity contribution < 1.29 is 4.42 Å². The fourth-order valence-corrected chi connectivity index (χ4v) is 9.63. The molecule has 0 saturated carbocycles. The number of benzene rings is 9. The highest BCUT2D eigenvalue weighted by molar-refractivity contribution is 6.19. The quantitative estimate of drug-likeness (QED) is 0.169. The largest absolute Gasteiger partial charge is 0.456 e. The van der Waals surface area contributed by atoms with Crippen LogP contribution < -0.4 is 0 Å². The molecule has 3 heteroatoms. The summed E-state index contributed by atoms with van der Waals surface area (Å²) in [5, 5.41) is 4.72. The monoisotopic (exact) mass is 764 g/mol. The van der Waals surface area contributed by atoms with Crippen molar-refractivity contribution in [2.45, 2.75) is 5.41 Å². The second kappa shape index (κ2) is 13.6. The van der Waals surface area contributed by atoms with E-state index in [9.17, 15) is 0 Å². The number of fused-ring (bicyclic) bond motifs is 8. The van der Waals surface area contributed by atoms with E-state index in [1.165, 1.54) is 44.2 Å². The Hall–Kier alpha value is -7.88. The maximum atomic E-state index is 6.41. The predicted molar refractivity (Wildman–Crippen MR) is 246 cm³/mol. The molecule has 0 aliphatic heterocycles. The first-order chi connectivity index (χ1) is 29.7. The Morgan fingerprint density at radius 2 is 0.950 bits per heavy atom. The van der Waals surface area contributed by atoms with Gasteiger partial charge >= 0.3 is 0 Å². The highest BCUT2D eigenvalue weighted by Crippen LogP contribution is 2.56. The Bertz CT molecular complexity index is 3370. The Morgan fingerprint density at radius 3 is 1.72 bits per heavy atom. The lowest BCUT2D eigenvalue weighted by molar-refractivity contribution is 0.669. The van der Waals surface area contributed by atoms with Crippen molar-refractivity contribution in [1.29, 1.82) is 0 Å². The molecule has 1 aliphatic rings. The summed E-state index contributed by atoms with van der Waals surface area (Å²) in [6.07, 6.45) is 0. The molecule has 11 aromatic rings. The molecule has 2 heterocycles. The highest BCUT2D eigenvalue weighted by Gasteiger charge is 2.46. The van der Waals surface area contributed by atoms with E-state index < -0.39 is 5.41 Å². The zero-order valence-electron chi connectivity index (χ0n) is 32.6. The third kappa shape index (κ3) is 5.30. The van der Waals surface area contributed by atoms with Crippen LogP contribution in [0.1, 0.15) is 22.3 Å². The van der Waals surface area contributed by atoms with Gasteiger partial charge in [0.1, 0.15) is 11.2 Å². The predicted octanol–water partition coefficient (Wildman–Crippen LogP) is 14.6. The molecule has 1 aliphatic carbocycles. The second-order valence-electron chi connectivity index (χ2n) is 15.7. The lowest BCUT2D eigenvalue weighted by Crippen LogP contribution is -2.28. The van der Waals surface area contributed by atoms with Gasteiger partial charge in [0, 0.05) is 27.5 Å². The SMILES string of the molecule is c1ccc(-c2nc(-c3ccc(-c4ccc5c(c4)oc4ccc6ccccc6c45)cc3)cc(-c3ccc4c(c3)-c3ccccc3C4(c3ccccc3)c3ccccc3)n2)cc1. The average molecular weight is 765 g/mol. The zero-order chi connectivity index (χ0) is 39.6. The minimum atomic E-state index is -0.454. The normalized spacial score (nSPS) is 12.8. The van der Waals surface area contributed by atoms with Gasteiger partial charge in [0.2, 0.25) is 0 Å². The molecule has 0 atom stereocenters. The van der Waals surface area contributed by atoms with Crippen LogP contribution in [-0.4, -0.2) is 9.97 Å². The Kier molecular flexibility index (Phi) is 7.76. The van der Waals surface area contributed by atoms with Crippen LogP contribution in [0.25, 0.3) is 88.9 Å². The Morgan fingerprint density at radius 1 is 0.350 bits per heavy atom. The van der Waals surface area contributed by atoms with Crippen LogP contribution >= 0.6 is 0 Å². The molecule has 0 fully saturated rings. The number of furan rings is 1. The summed E-state index contributed by atoms with van der Waals surface area (Å²) in [6.45, 7) is 0. The highest BCUT2D eigenvalue weighted by atomic mass is 16.3. The fraction of sp³-hybridized carbons (Fsp3) is 0.0175. The van der Waals surface area contributed by atoms with E-state index in [-0.39, 0.29) is 0 Å². The van der Waals surface area contributed by atoms with E-state index in [0.717, 1.165) is 61.1 Å². The third-order valence-electron chi connectivity index (χ3n) is 12.4. The number of rotatable bonds is 6. The first-order valence-electron chi connectivity index (χ1n) is 20.5. The molecule has 12 rings (SSSR count). The molecule has 0 bridgehead atoms. The van der Waals surface area contributed by atoms with Crippen LogP contribution in [0.4, 0.5) is 0 Å². The van der Waals surface area contributed by atoms with Crippen LogP contribution in [0, 0.1) is 0 Å². The van der Waals surface area contributed by atoms with Crippen molar-refractivity contribution in [3.63, 3.8) is 0 Å². The van der Waals surface area contributed by atoms with E-state index in [1.807, 2.05) is 18.2 Å². The number of hydrogen-bond acceptors (Lipinski definition) is 3. The first kappa shape index (κ1) is 34.2. The molecule has 280 valence electrons. The molecule has 0 amide bonds. The topological polar surface area (TPSA) is 38.9 Å². The van der Waals surface area contributed by atoms with Gasteiger partial charge < -0.3 is 4.42 Å². The van der Waals surface area contributed by atoms with Crippen LogP contribution in [0.3, 0.4) is 0 Å². The summed E-state index contributed by atoms with van der Waals surface area (Å²) < 4.78 is 6.41. The van der Waals surface area contributed by atoms with E-state index in [4.69, 9.17) is 14.4 Å². The molecule has 0 spiro atoms. The van der Waals surface area contributed by atoms with Gasteiger partial charge in [-0.3, -0.25) is 0 Å². The van der Waals surface area contributed by atoms with Gasteiger partial charge in [-0.15, -0.1) is 0 Å². The summed E-state index contributed by atoms with van der Waals surface area (Å²) in [6, 6.07) is 78.0. The van der Waals surface area contributed by atoms with Gasteiger partial charge in [0.15, 0.2) is 5.82 Å². The number of aromatic nitrogens is 2. The average Bonchev–Trinajstić information content (AvgIpc) is 3.86. The minimum absolute atomic E-state index is 0.454. The molecule has 3 nitrogen and oxygen atoms in total. The van der Waals surface area contributed by atoms with Crippen molar-refractivity contribution in [3.8, 4) is 56.2 Å². The fourth-order valence-electron chi connectivity index (χ4n) is 9.63. The van der Waals surface area contributed by atoms with Crippen molar-refractivity contribution in [1.82, 2.24) is 9.97 Å². The van der Waals surface area contributed by atoms with E-state index in [0.29, 0.717) is 5.82 Å². The maximum absolute atomic E-state index is 6.41. The lowest BCUT2D eigenvalue weighted by atomic mass is 9.67. The van der Waals surface area contributed by atoms with Crippen molar-refractivity contribution in [2.24, 2.45) is 0 Å². The summed E-state index contributed by atoms with van der Waals surface area (Å²) in [5.41, 5.74) is 15.9. The molecule has 0 saturated heterocycles. The molecular formula is C57H36N2O. The van der Waals surface area contributed by atoms with Gasteiger partial charge in [0.05, 0.1) is 16.8 Å². The summed E-state index contributed by atoms with van der Waals surface area (Å²) in [5.74, 6) is 0.693. The minimum Gasteiger partial charge on any atom is -0.456 e. The van der Waals surface area contributed by atoms with E-state index >= 15 is 0 Å². The second-order valence-corrected chi connectivity index (χ2v) is 15.7. The van der Waals surface area contributed by atoms with Crippen LogP contribution in [0.15, 0.2) is 223 Å². The van der Waals surface area contributed by atoms with Crippen LogP contribution in [-0.2, 0) is 5.41 Å². The zero-order valence-corrected chi connectivity index (χ0v) is 32.6.